The largest absolute Gasteiger partial charge is 0.488 e. The van der Waals surface area contributed by atoms with E-state index in [1.54, 1.807) is 36.5 Å². The summed E-state index contributed by atoms with van der Waals surface area (Å²) >= 11 is 7.24. The zero-order valence-corrected chi connectivity index (χ0v) is 15.6. The van der Waals surface area contributed by atoms with Crippen LogP contribution in [0.1, 0.15) is 25.8 Å². The minimum atomic E-state index is -0.361. The predicted molar refractivity (Wildman–Crippen MR) is 105 cm³/mol. The van der Waals surface area contributed by atoms with Gasteiger partial charge in [0.25, 0.3) is 0 Å². The summed E-state index contributed by atoms with van der Waals surface area (Å²) in [5, 5.41) is 0.653. The fraction of sp³-hybridized carbons (Fsp3) is 0.100. The summed E-state index contributed by atoms with van der Waals surface area (Å²) in [6, 6.07) is 14.7. The molecule has 0 unspecified atom stereocenters. The Morgan fingerprint density at radius 1 is 1.19 bits per heavy atom. The molecule has 0 amide bonds. The van der Waals surface area contributed by atoms with Gasteiger partial charge < -0.3 is 9.47 Å². The molecule has 0 saturated carbocycles. The summed E-state index contributed by atoms with van der Waals surface area (Å²) in [5.41, 5.74) is 1.73. The Balaban J connectivity index is 1.82. The van der Waals surface area contributed by atoms with Crippen LogP contribution in [0.4, 0.5) is 0 Å². The maximum absolute atomic E-state index is 11.9. The van der Waals surface area contributed by atoms with Crippen molar-refractivity contribution in [2.24, 2.45) is 0 Å². The van der Waals surface area contributed by atoms with E-state index in [9.17, 15) is 4.79 Å². The number of pyridine rings is 1. The van der Waals surface area contributed by atoms with Crippen molar-refractivity contribution in [2.75, 3.05) is 7.11 Å². The zero-order valence-electron chi connectivity index (χ0n) is 14.0. The zero-order chi connectivity index (χ0) is 18.4. The molecule has 0 fully saturated rings. The molecule has 132 valence electrons. The lowest BCUT2D eigenvalue weighted by Crippen LogP contribution is -1.97. The van der Waals surface area contributed by atoms with Gasteiger partial charge in [0.1, 0.15) is 17.2 Å². The predicted octanol–water partition coefficient (Wildman–Crippen LogP) is 5.33. The summed E-state index contributed by atoms with van der Waals surface area (Å²) in [6.45, 7) is 0.338. The molecule has 2 aromatic heterocycles. The smallest absolute Gasteiger partial charge is 0.348 e. The van der Waals surface area contributed by atoms with Gasteiger partial charge in [0.2, 0.25) is 0 Å². The van der Waals surface area contributed by atoms with Crippen molar-refractivity contribution < 1.29 is 14.3 Å². The molecule has 4 nitrogen and oxygen atoms in total. The third-order valence-electron chi connectivity index (χ3n) is 3.53. The molecule has 6 heteroatoms. The number of nitrogens with zero attached hydrogens (tertiary/aromatic N) is 1. The third-order valence-corrected chi connectivity index (χ3v) is 4.89. The van der Waals surface area contributed by atoms with E-state index in [-0.39, 0.29) is 5.97 Å². The second-order valence-corrected chi connectivity index (χ2v) is 6.88. The molecule has 0 spiro atoms. The van der Waals surface area contributed by atoms with Gasteiger partial charge >= 0.3 is 5.97 Å². The molecule has 3 aromatic rings. The minimum Gasteiger partial charge on any atom is -0.488 e. The van der Waals surface area contributed by atoms with Gasteiger partial charge in [0, 0.05) is 11.2 Å². The van der Waals surface area contributed by atoms with Crippen molar-refractivity contribution in [3.05, 3.63) is 80.8 Å². The number of thiophene rings is 1. The number of rotatable bonds is 6. The molecule has 2 heterocycles. The average Bonchev–Trinajstić information content (AvgIpc) is 3.09. The van der Waals surface area contributed by atoms with Crippen molar-refractivity contribution in [3.63, 3.8) is 0 Å². The van der Waals surface area contributed by atoms with Crippen LogP contribution in [-0.2, 0) is 11.3 Å². The van der Waals surface area contributed by atoms with Crippen molar-refractivity contribution in [1.29, 1.82) is 0 Å². The molecule has 0 radical (unpaired) electrons. The molecular weight excluding hydrogens is 370 g/mol. The van der Waals surface area contributed by atoms with E-state index in [1.165, 1.54) is 18.4 Å². The first-order valence-electron chi connectivity index (χ1n) is 7.84. The average molecular weight is 386 g/mol. The highest BCUT2D eigenvalue weighted by molar-refractivity contribution is 7.14. The van der Waals surface area contributed by atoms with Crippen LogP contribution >= 0.6 is 22.9 Å². The lowest BCUT2D eigenvalue weighted by Gasteiger charge is -2.05. The molecule has 0 saturated heterocycles. The van der Waals surface area contributed by atoms with Crippen molar-refractivity contribution >= 4 is 41.1 Å². The first kappa shape index (κ1) is 18.2. The van der Waals surface area contributed by atoms with E-state index in [0.29, 0.717) is 22.3 Å². The standard InChI is InChI=1S/C20H16ClNO3S/c1-24-20(23)18-12-14(5-8-16-4-2-3-11-22-16)19(26-18)13-25-17-9-6-15(21)7-10-17/h2-12H,13H2,1H3/b8-5+. The summed E-state index contributed by atoms with van der Waals surface area (Å²) in [4.78, 5) is 17.6. The third kappa shape index (κ3) is 4.71. The minimum absolute atomic E-state index is 0.338. The lowest BCUT2D eigenvalue weighted by atomic mass is 10.2. The van der Waals surface area contributed by atoms with Crippen LogP contribution in [0.3, 0.4) is 0 Å². The van der Waals surface area contributed by atoms with Crippen LogP contribution < -0.4 is 4.74 Å². The molecular formula is C20H16ClNO3S. The van der Waals surface area contributed by atoms with Gasteiger partial charge in [-0.15, -0.1) is 11.3 Å². The van der Waals surface area contributed by atoms with Crippen molar-refractivity contribution in [3.8, 4) is 5.75 Å². The fourth-order valence-corrected chi connectivity index (χ4v) is 3.33. The van der Waals surface area contributed by atoms with E-state index in [4.69, 9.17) is 21.1 Å². The number of hydrogen-bond donors (Lipinski definition) is 0. The molecule has 3 rings (SSSR count). The Kier molecular flexibility index (Phi) is 6.04. The summed E-state index contributed by atoms with van der Waals surface area (Å²) in [7, 11) is 1.37. The van der Waals surface area contributed by atoms with Crippen LogP contribution in [0.5, 0.6) is 5.75 Å². The van der Waals surface area contributed by atoms with Crippen LogP contribution in [0, 0.1) is 0 Å². The molecule has 26 heavy (non-hydrogen) atoms. The number of esters is 1. The van der Waals surface area contributed by atoms with E-state index in [2.05, 4.69) is 4.98 Å². The van der Waals surface area contributed by atoms with E-state index >= 15 is 0 Å². The number of halogens is 1. The van der Waals surface area contributed by atoms with Gasteiger partial charge in [-0.3, -0.25) is 4.98 Å². The second-order valence-electron chi connectivity index (χ2n) is 5.31. The fourth-order valence-electron chi connectivity index (χ4n) is 2.23. The number of methoxy groups -OCH3 is 1. The second kappa shape index (κ2) is 8.65. The maximum Gasteiger partial charge on any atom is 0.348 e. The topological polar surface area (TPSA) is 48.4 Å². The molecule has 1 aromatic carbocycles. The van der Waals surface area contributed by atoms with Crippen LogP contribution in [0.25, 0.3) is 12.2 Å². The molecule has 0 aliphatic heterocycles. The highest BCUT2D eigenvalue weighted by Crippen LogP contribution is 2.27. The number of carbonyl (C=O) groups is 1. The van der Waals surface area contributed by atoms with Gasteiger partial charge in [-0.25, -0.2) is 4.79 Å². The SMILES string of the molecule is COC(=O)c1cc(/C=C/c2ccccn2)c(COc2ccc(Cl)cc2)s1. The van der Waals surface area contributed by atoms with Crippen LogP contribution in [0.15, 0.2) is 54.7 Å². The van der Waals surface area contributed by atoms with E-state index in [0.717, 1.165) is 16.1 Å². The van der Waals surface area contributed by atoms with E-state index < -0.39 is 0 Å². The van der Waals surface area contributed by atoms with Crippen molar-refractivity contribution in [1.82, 2.24) is 4.98 Å². The first-order chi connectivity index (χ1) is 12.7. The highest BCUT2D eigenvalue weighted by atomic mass is 35.5. The normalized spacial score (nSPS) is 10.8. The Labute approximate surface area is 160 Å². The van der Waals surface area contributed by atoms with Crippen LogP contribution in [0.2, 0.25) is 5.02 Å². The summed E-state index contributed by atoms with van der Waals surface area (Å²) in [6.07, 6.45) is 5.55. The molecule has 0 aliphatic rings. The quantitative estimate of drug-likeness (QED) is 0.538. The van der Waals surface area contributed by atoms with E-state index in [1.807, 2.05) is 30.4 Å². The first-order valence-corrected chi connectivity index (χ1v) is 9.03. The Hall–Kier alpha value is -2.63. The maximum atomic E-state index is 11.9. The highest BCUT2D eigenvalue weighted by Gasteiger charge is 2.14. The Morgan fingerprint density at radius 3 is 2.69 bits per heavy atom. The molecule has 0 atom stereocenters. The molecule has 0 bridgehead atoms. The van der Waals surface area contributed by atoms with Gasteiger partial charge in [-0.05, 0) is 54.1 Å². The molecule has 0 N–H and O–H groups in total. The summed E-state index contributed by atoms with van der Waals surface area (Å²) in [5.74, 6) is 0.349. The number of benzene rings is 1. The van der Waals surface area contributed by atoms with Gasteiger partial charge in [0.15, 0.2) is 0 Å². The van der Waals surface area contributed by atoms with Gasteiger partial charge in [-0.1, -0.05) is 23.7 Å². The number of aromatic nitrogens is 1. The van der Waals surface area contributed by atoms with Gasteiger partial charge in [-0.2, -0.15) is 0 Å². The molecule has 0 aliphatic carbocycles. The van der Waals surface area contributed by atoms with Crippen LogP contribution in [-0.4, -0.2) is 18.1 Å². The van der Waals surface area contributed by atoms with Gasteiger partial charge in [0.05, 0.1) is 17.7 Å². The Morgan fingerprint density at radius 2 is 2.00 bits per heavy atom. The number of hydrogen-bond acceptors (Lipinski definition) is 5. The summed E-state index contributed by atoms with van der Waals surface area (Å²) < 4.78 is 10.6. The lowest BCUT2D eigenvalue weighted by molar-refractivity contribution is 0.0606. The number of ether oxygens (including phenoxy) is 2. The monoisotopic (exact) mass is 385 g/mol. The number of carbonyl (C=O) groups excluding carboxylic acids is 1. The van der Waals surface area contributed by atoms with Crippen molar-refractivity contribution in [2.45, 2.75) is 6.61 Å². The Bertz CT molecular complexity index is 905.